The molecule has 0 aliphatic carbocycles. The highest BCUT2D eigenvalue weighted by Crippen LogP contribution is 2.26. The lowest BCUT2D eigenvalue weighted by Gasteiger charge is -2.20. The molecule has 0 fully saturated rings. The van der Waals surface area contributed by atoms with Gasteiger partial charge in [-0.05, 0) is 29.8 Å². The third kappa shape index (κ3) is 3.64. The van der Waals surface area contributed by atoms with E-state index in [0.717, 1.165) is 9.61 Å². The highest BCUT2D eigenvalue weighted by atomic mass is 79.9. The second-order valence-electron chi connectivity index (χ2n) is 3.33. The molecule has 2 atom stereocenters. The van der Waals surface area contributed by atoms with Crippen molar-refractivity contribution < 1.29 is 9.53 Å². The first-order valence-electron chi connectivity index (χ1n) is 4.52. The Kier molecular flexibility index (Phi) is 4.85. The third-order valence-electron chi connectivity index (χ3n) is 1.66. The first-order valence-corrected chi connectivity index (χ1v) is 6.19. The van der Waals surface area contributed by atoms with E-state index in [-0.39, 0.29) is 6.10 Å². The summed E-state index contributed by atoms with van der Waals surface area (Å²) < 4.78 is 6.31. The van der Waals surface area contributed by atoms with Crippen molar-refractivity contribution in [3.05, 3.63) is 15.0 Å². The van der Waals surface area contributed by atoms with Crippen molar-refractivity contribution in [1.29, 1.82) is 0 Å². The van der Waals surface area contributed by atoms with Crippen LogP contribution in [0.3, 0.4) is 0 Å². The molecule has 0 aliphatic rings. The Morgan fingerprint density at radius 3 is 2.73 bits per heavy atom. The van der Waals surface area contributed by atoms with E-state index < -0.39 is 12.1 Å². The van der Waals surface area contributed by atoms with Crippen molar-refractivity contribution in [2.75, 3.05) is 0 Å². The van der Waals surface area contributed by atoms with Crippen LogP contribution >= 0.6 is 27.3 Å². The SMILES string of the molecule is CC(C)OC(c1nc(Br)cs1)C(N)C=O. The van der Waals surface area contributed by atoms with Crippen molar-refractivity contribution in [3.63, 3.8) is 0 Å². The fraction of sp³-hybridized carbons (Fsp3) is 0.556. The van der Waals surface area contributed by atoms with Crippen molar-refractivity contribution >= 4 is 33.6 Å². The van der Waals surface area contributed by atoms with Gasteiger partial charge in [-0.2, -0.15) is 0 Å². The molecule has 0 saturated carbocycles. The molecular weight excluding hydrogens is 280 g/mol. The molecule has 0 amide bonds. The monoisotopic (exact) mass is 292 g/mol. The number of thiazole rings is 1. The predicted octanol–water partition coefficient (Wildman–Crippen LogP) is 1.90. The van der Waals surface area contributed by atoms with E-state index in [4.69, 9.17) is 10.5 Å². The lowest BCUT2D eigenvalue weighted by atomic mass is 10.2. The Morgan fingerprint density at radius 2 is 2.33 bits per heavy atom. The zero-order chi connectivity index (χ0) is 11.4. The number of rotatable bonds is 5. The van der Waals surface area contributed by atoms with E-state index in [0.29, 0.717) is 6.29 Å². The second kappa shape index (κ2) is 5.69. The molecule has 0 spiro atoms. The minimum Gasteiger partial charge on any atom is -0.366 e. The maximum absolute atomic E-state index is 10.7. The predicted molar refractivity (Wildman–Crippen MR) is 62.8 cm³/mol. The molecule has 0 aromatic carbocycles. The Bertz CT molecular complexity index is 330. The molecule has 1 aromatic heterocycles. The third-order valence-corrected chi connectivity index (χ3v) is 3.28. The van der Waals surface area contributed by atoms with E-state index in [9.17, 15) is 4.79 Å². The standard InChI is InChI=1S/C9H13BrN2O2S/c1-5(2)14-8(6(11)3-13)9-12-7(10)4-15-9/h3-6,8H,11H2,1-2H3. The van der Waals surface area contributed by atoms with Gasteiger partial charge in [-0.15, -0.1) is 11.3 Å². The molecule has 0 saturated heterocycles. The van der Waals surface area contributed by atoms with Gasteiger partial charge in [0.2, 0.25) is 0 Å². The zero-order valence-electron chi connectivity index (χ0n) is 8.51. The van der Waals surface area contributed by atoms with Gasteiger partial charge in [0.25, 0.3) is 0 Å². The number of nitrogens with zero attached hydrogens (tertiary/aromatic N) is 1. The summed E-state index contributed by atoms with van der Waals surface area (Å²) in [5.41, 5.74) is 5.67. The number of hydrogen-bond donors (Lipinski definition) is 1. The molecule has 15 heavy (non-hydrogen) atoms. The lowest BCUT2D eigenvalue weighted by molar-refractivity contribution is -0.113. The van der Waals surface area contributed by atoms with Crippen LogP contribution in [0.4, 0.5) is 0 Å². The number of carbonyl (C=O) groups excluding carboxylic acids is 1. The quantitative estimate of drug-likeness (QED) is 0.842. The minimum absolute atomic E-state index is 0.00340. The van der Waals surface area contributed by atoms with Gasteiger partial charge in [0.1, 0.15) is 22.0 Å². The Morgan fingerprint density at radius 1 is 1.67 bits per heavy atom. The van der Waals surface area contributed by atoms with E-state index in [2.05, 4.69) is 20.9 Å². The van der Waals surface area contributed by atoms with Crippen molar-refractivity contribution in [1.82, 2.24) is 4.98 Å². The van der Waals surface area contributed by atoms with E-state index in [1.165, 1.54) is 11.3 Å². The Hall–Kier alpha value is -0.300. The molecular formula is C9H13BrN2O2S. The fourth-order valence-corrected chi connectivity index (χ4v) is 2.43. The van der Waals surface area contributed by atoms with E-state index in [1.807, 2.05) is 19.2 Å². The number of aldehydes is 1. The highest BCUT2D eigenvalue weighted by Gasteiger charge is 2.24. The molecule has 0 bridgehead atoms. The number of halogens is 1. The van der Waals surface area contributed by atoms with Crippen molar-refractivity contribution in [2.24, 2.45) is 5.73 Å². The van der Waals surface area contributed by atoms with Crippen LogP contribution in [0.15, 0.2) is 9.98 Å². The fourth-order valence-electron chi connectivity index (χ4n) is 1.08. The normalized spacial score (nSPS) is 15.3. The summed E-state index contributed by atoms with van der Waals surface area (Å²) in [7, 11) is 0. The molecule has 84 valence electrons. The van der Waals surface area contributed by atoms with Gasteiger partial charge in [0.15, 0.2) is 0 Å². The van der Waals surface area contributed by atoms with Crippen LogP contribution in [0.25, 0.3) is 0 Å². The van der Waals surface area contributed by atoms with Gasteiger partial charge in [-0.25, -0.2) is 4.98 Å². The van der Waals surface area contributed by atoms with Gasteiger partial charge < -0.3 is 15.3 Å². The average Bonchev–Trinajstić information content (AvgIpc) is 2.59. The number of nitrogens with two attached hydrogens (primary N) is 1. The van der Waals surface area contributed by atoms with Gasteiger partial charge in [-0.3, -0.25) is 0 Å². The number of carbonyl (C=O) groups is 1. The molecule has 2 unspecified atom stereocenters. The maximum Gasteiger partial charge on any atom is 0.139 e. The van der Waals surface area contributed by atoms with Gasteiger partial charge in [0, 0.05) is 5.38 Å². The van der Waals surface area contributed by atoms with Crippen molar-refractivity contribution in [3.8, 4) is 0 Å². The van der Waals surface area contributed by atoms with E-state index in [1.54, 1.807) is 0 Å². The summed E-state index contributed by atoms with van der Waals surface area (Å²) in [5.74, 6) is 0. The van der Waals surface area contributed by atoms with Crippen LogP contribution in [0.1, 0.15) is 25.0 Å². The first kappa shape index (κ1) is 12.8. The summed E-state index contributed by atoms with van der Waals surface area (Å²) in [6, 6.07) is -0.676. The maximum atomic E-state index is 10.7. The summed E-state index contributed by atoms with van der Waals surface area (Å²) in [5, 5.41) is 2.55. The average molecular weight is 293 g/mol. The summed E-state index contributed by atoms with van der Waals surface area (Å²) >= 11 is 4.67. The number of hydrogen-bond acceptors (Lipinski definition) is 5. The molecule has 1 heterocycles. The Labute approximate surface area is 101 Å². The topological polar surface area (TPSA) is 65.2 Å². The Balaban J connectivity index is 2.85. The van der Waals surface area contributed by atoms with Gasteiger partial charge in [-0.1, -0.05) is 0 Å². The molecule has 0 aliphatic heterocycles. The molecule has 1 rings (SSSR count). The summed E-state index contributed by atoms with van der Waals surface area (Å²) in [6.45, 7) is 3.79. The van der Waals surface area contributed by atoms with E-state index >= 15 is 0 Å². The minimum atomic E-state index is -0.676. The van der Waals surface area contributed by atoms with Crippen LogP contribution in [0, 0.1) is 0 Å². The van der Waals surface area contributed by atoms with Crippen LogP contribution in [-0.4, -0.2) is 23.4 Å². The van der Waals surface area contributed by atoms with Crippen LogP contribution in [-0.2, 0) is 9.53 Å². The lowest BCUT2D eigenvalue weighted by Crippen LogP contribution is -2.33. The van der Waals surface area contributed by atoms with Crippen LogP contribution in [0.5, 0.6) is 0 Å². The number of ether oxygens (including phenoxy) is 1. The van der Waals surface area contributed by atoms with Crippen molar-refractivity contribution in [2.45, 2.75) is 32.1 Å². The molecule has 1 aromatic rings. The highest BCUT2D eigenvalue weighted by molar-refractivity contribution is 9.10. The second-order valence-corrected chi connectivity index (χ2v) is 5.03. The van der Waals surface area contributed by atoms with Gasteiger partial charge >= 0.3 is 0 Å². The molecule has 4 nitrogen and oxygen atoms in total. The molecule has 0 radical (unpaired) electrons. The number of aromatic nitrogens is 1. The van der Waals surface area contributed by atoms with Gasteiger partial charge in [0.05, 0.1) is 12.1 Å². The summed E-state index contributed by atoms with van der Waals surface area (Å²) in [6.07, 6.45) is 0.227. The van der Waals surface area contributed by atoms with Crippen LogP contribution in [0.2, 0.25) is 0 Å². The first-order chi connectivity index (χ1) is 7.04. The molecule has 2 N–H and O–H groups in total. The largest absolute Gasteiger partial charge is 0.366 e. The zero-order valence-corrected chi connectivity index (χ0v) is 10.9. The smallest absolute Gasteiger partial charge is 0.139 e. The van der Waals surface area contributed by atoms with Crippen LogP contribution < -0.4 is 5.73 Å². The molecule has 6 heteroatoms. The summed E-state index contributed by atoms with van der Waals surface area (Å²) in [4.78, 5) is 14.9.